The molecule has 0 saturated heterocycles. The van der Waals surface area contributed by atoms with Crippen LogP contribution in [0.2, 0.25) is 5.02 Å². The number of allylic oxidation sites excluding steroid dienone is 1. The number of carbonyl (C=O) groups is 2. The summed E-state index contributed by atoms with van der Waals surface area (Å²) in [6.07, 6.45) is 1.39. The average Bonchev–Trinajstić information content (AvgIpc) is 2.25. The van der Waals surface area contributed by atoms with E-state index in [2.05, 4.69) is 10.9 Å². The number of nitrogens with one attached hydrogen (secondary N) is 2. The van der Waals surface area contributed by atoms with Crippen LogP contribution in [0.4, 0.5) is 0 Å². The molecule has 90 valence electrons. The van der Waals surface area contributed by atoms with Gasteiger partial charge >= 0.3 is 0 Å². The van der Waals surface area contributed by atoms with Crippen molar-refractivity contribution in [1.29, 1.82) is 0 Å². The Balaban J connectivity index is 2.56. The molecular formula is C12H13ClN2O2. The lowest BCUT2D eigenvalue weighted by Crippen LogP contribution is -2.40. The van der Waals surface area contributed by atoms with Gasteiger partial charge < -0.3 is 0 Å². The summed E-state index contributed by atoms with van der Waals surface area (Å²) in [7, 11) is 0. The van der Waals surface area contributed by atoms with Crippen LogP contribution in [-0.4, -0.2) is 11.8 Å². The molecule has 17 heavy (non-hydrogen) atoms. The molecule has 0 aliphatic heterocycles. The zero-order valence-electron chi connectivity index (χ0n) is 9.58. The largest absolute Gasteiger partial charge is 0.269 e. The van der Waals surface area contributed by atoms with Gasteiger partial charge in [0.15, 0.2) is 0 Å². The van der Waals surface area contributed by atoms with E-state index in [1.54, 1.807) is 32.0 Å². The first-order valence-corrected chi connectivity index (χ1v) is 5.37. The Morgan fingerprint density at radius 3 is 2.53 bits per heavy atom. The normalized spacial score (nSPS) is 9.35. The van der Waals surface area contributed by atoms with E-state index in [1.165, 1.54) is 12.1 Å². The first kappa shape index (κ1) is 13.3. The number of hydrogen-bond acceptors (Lipinski definition) is 2. The Morgan fingerprint density at radius 1 is 1.24 bits per heavy atom. The van der Waals surface area contributed by atoms with Crippen LogP contribution in [0.15, 0.2) is 35.9 Å². The van der Waals surface area contributed by atoms with Crippen molar-refractivity contribution in [2.45, 2.75) is 13.8 Å². The van der Waals surface area contributed by atoms with Crippen molar-refractivity contribution in [2.24, 2.45) is 0 Å². The fourth-order valence-corrected chi connectivity index (χ4v) is 1.31. The van der Waals surface area contributed by atoms with Gasteiger partial charge in [0, 0.05) is 16.7 Å². The quantitative estimate of drug-likeness (QED) is 0.625. The van der Waals surface area contributed by atoms with Gasteiger partial charge in [-0.2, -0.15) is 0 Å². The van der Waals surface area contributed by atoms with E-state index in [9.17, 15) is 9.59 Å². The van der Waals surface area contributed by atoms with Crippen LogP contribution in [0.3, 0.4) is 0 Å². The molecule has 4 nitrogen and oxygen atoms in total. The highest BCUT2D eigenvalue weighted by atomic mass is 35.5. The third-order valence-electron chi connectivity index (χ3n) is 1.81. The fourth-order valence-electron chi connectivity index (χ4n) is 1.12. The molecule has 2 N–H and O–H groups in total. The molecule has 0 aliphatic carbocycles. The van der Waals surface area contributed by atoms with Gasteiger partial charge in [0.25, 0.3) is 11.8 Å². The molecule has 1 aromatic carbocycles. The molecule has 0 aliphatic rings. The zero-order chi connectivity index (χ0) is 12.8. The smallest absolute Gasteiger partial charge is 0.268 e. The summed E-state index contributed by atoms with van der Waals surface area (Å²) >= 11 is 5.74. The van der Waals surface area contributed by atoms with Crippen LogP contribution < -0.4 is 10.9 Å². The van der Waals surface area contributed by atoms with Crippen LogP contribution in [0, 0.1) is 0 Å². The molecule has 0 bridgehead atoms. The predicted octanol–water partition coefficient (Wildman–Crippen LogP) is 2.07. The first-order valence-electron chi connectivity index (χ1n) is 5.00. The van der Waals surface area contributed by atoms with Gasteiger partial charge in [-0.25, -0.2) is 0 Å². The van der Waals surface area contributed by atoms with Gasteiger partial charge in [0.1, 0.15) is 0 Å². The summed E-state index contributed by atoms with van der Waals surface area (Å²) in [5, 5.41) is 0.466. The third kappa shape index (κ3) is 4.70. The van der Waals surface area contributed by atoms with Crippen LogP contribution in [0.1, 0.15) is 24.2 Å². The van der Waals surface area contributed by atoms with Gasteiger partial charge in [0.05, 0.1) is 0 Å². The highest BCUT2D eigenvalue weighted by Gasteiger charge is 2.06. The molecule has 0 unspecified atom stereocenters. The topological polar surface area (TPSA) is 58.2 Å². The Bertz CT molecular complexity index is 465. The standard InChI is InChI=1S/C12H13ClN2O2/c1-8(2)6-11(16)14-15-12(17)9-4-3-5-10(13)7-9/h3-7H,1-2H3,(H,14,16)(H,15,17). The average molecular weight is 253 g/mol. The molecule has 0 radical (unpaired) electrons. The molecule has 2 amide bonds. The minimum Gasteiger partial charge on any atom is -0.268 e. The molecule has 0 spiro atoms. The number of hydrogen-bond donors (Lipinski definition) is 2. The predicted molar refractivity (Wildman–Crippen MR) is 66.5 cm³/mol. The van der Waals surface area contributed by atoms with Crippen LogP contribution in [0.25, 0.3) is 0 Å². The second-order valence-electron chi connectivity index (χ2n) is 3.68. The molecule has 0 heterocycles. The molecule has 0 saturated carbocycles. The monoisotopic (exact) mass is 252 g/mol. The minimum absolute atomic E-state index is 0.375. The van der Waals surface area contributed by atoms with Crippen molar-refractivity contribution in [3.63, 3.8) is 0 Å². The number of rotatable bonds is 2. The van der Waals surface area contributed by atoms with Gasteiger partial charge in [-0.05, 0) is 32.0 Å². The molecule has 5 heteroatoms. The zero-order valence-corrected chi connectivity index (χ0v) is 10.3. The number of halogens is 1. The summed E-state index contributed by atoms with van der Waals surface area (Å²) in [6, 6.07) is 6.45. The molecule has 0 aromatic heterocycles. The van der Waals surface area contributed by atoms with Crippen molar-refractivity contribution in [1.82, 2.24) is 10.9 Å². The Morgan fingerprint density at radius 2 is 1.94 bits per heavy atom. The van der Waals surface area contributed by atoms with Crippen LogP contribution >= 0.6 is 11.6 Å². The Hall–Kier alpha value is -1.81. The lowest BCUT2D eigenvalue weighted by Gasteiger charge is -2.05. The molecule has 1 aromatic rings. The minimum atomic E-state index is -0.414. The lowest BCUT2D eigenvalue weighted by atomic mass is 10.2. The van der Waals surface area contributed by atoms with Crippen LogP contribution in [0.5, 0.6) is 0 Å². The molecule has 0 atom stereocenters. The lowest BCUT2D eigenvalue weighted by molar-refractivity contribution is -0.117. The maximum absolute atomic E-state index is 11.6. The highest BCUT2D eigenvalue weighted by Crippen LogP contribution is 2.09. The number of hydrazine groups is 1. The van der Waals surface area contributed by atoms with Gasteiger partial charge in [0.2, 0.25) is 0 Å². The maximum Gasteiger partial charge on any atom is 0.269 e. The Kier molecular flexibility index (Phi) is 4.72. The summed E-state index contributed by atoms with van der Waals surface area (Å²) in [4.78, 5) is 22.8. The second-order valence-corrected chi connectivity index (χ2v) is 4.11. The van der Waals surface area contributed by atoms with Crippen molar-refractivity contribution in [2.75, 3.05) is 0 Å². The van der Waals surface area contributed by atoms with Crippen molar-refractivity contribution < 1.29 is 9.59 Å². The van der Waals surface area contributed by atoms with E-state index >= 15 is 0 Å². The van der Waals surface area contributed by atoms with Gasteiger partial charge in [-0.15, -0.1) is 0 Å². The first-order chi connectivity index (χ1) is 7.99. The number of carbonyl (C=O) groups excluding carboxylic acids is 2. The van der Waals surface area contributed by atoms with Crippen molar-refractivity contribution in [3.8, 4) is 0 Å². The van der Waals surface area contributed by atoms with Crippen molar-refractivity contribution >= 4 is 23.4 Å². The SMILES string of the molecule is CC(C)=CC(=O)NNC(=O)c1cccc(Cl)c1. The summed E-state index contributed by atoms with van der Waals surface area (Å²) in [5.41, 5.74) is 5.79. The third-order valence-corrected chi connectivity index (χ3v) is 2.04. The van der Waals surface area contributed by atoms with E-state index in [0.29, 0.717) is 10.6 Å². The van der Waals surface area contributed by atoms with E-state index in [-0.39, 0.29) is 5.91 Å². The van der Waals surface area contributed by atoms with E-state index in [0.717, 1.165) is 5.57 Å². The van der Waals surface area contributed by atoms with Gasteiger partial charge in [-0.1, -0.05) is 23.2 Å². The van der Waals surface area contributed by atoms with E-state index < -0.39 is 5.91 Å². The highest BCUT2D eigenvalue weighted by molar-refractivity contribution is 6.30. The second kappa shape index (κ2) is 6.06. The van der Waals surface area contributed by atoms with Gasteiger partial charge in [-0.3, -0.25) is 20.4 Å². The van der Waals surface area contributed by atoms with Crippen molar-refractivity contribution in [3.05, 3.63) is 46.5 Å². The Labute approximate surface area is 105 Å². The molecule has 0 fully saturated rings. The van der Waals surface area contributed by atoms with Crippen LogP contribution in [-0.2, 0) is 4.79 Å². The number of benzene rings is 1. The van der Waals surface area contributed by atoms with E-state index in [4.69, 9.17) is 11.6 Å². The molecule has 1 rings (SSSR count). The summed E-state index contributed by atoms with van der Waals surface area (Å²) < 4.78 is 0. The number of amides is 2. The van der Waals surface area contributed by atoms with E-state index in [1.807, 2.05) is 0 Å². The fraction of sp³-hybridized carbons (Fsp3) is 0.167. The maximum atomic E-state index is 11.6. The summed E-state index contributed by atoms with van der Waals surface area (Å²) in [6.45, 7) is 3.58. The summed E-state index contributed by atoms with van der Waals surface area (Å²) in [5.74, 6) is -0.789. The molecular weight excluding hydrogens is 240 g/mol.